The lowest BCUT2D eigenvalue weighted by molar-refractivity contribution is -0.137. The molecule has 0 unspecified atom stereocenters. The Morgan fingerprint density at radius 2 is 1.55 bits per heavy atom. The Morgan fingerprint density at radius 1 is 0.900 bits per heavy atom. The molecule has 0 bridgehead atoms. The summed E-state index contributed by atoms with van der Waals surface area (Å²) in [4.78, 5) is 12.1. The molecule has 0 aliphatic heterocycles. The molecule has 0 aliphatic rings. The summed E-state index contributed by atoms with van der Waals surface area (Å²) in [6.07, 6.45) is -4.49. The quantitative estimate of drug-likeness (QED) is 0.692. The van der Waals surface area contributed by atoms with Gasteiger partial charge in [0.05, 0.1) is 15.6 Å². The Labute approximate surface area is 122 Å². The largest absolute Gasteiger partial charge is 0.416 e. The van der Waals surface area contributed by atoms with Crippen LogP contribution in [0.4, 0.5) is 13.2 Å². The minimum absolute atomic E-state index is 0.0572. The van der Waals surface area contributed by atoms with Crippen LogP contribution in [0.15, 0.2) is 42.5 Å². The fraction of sp³-hybridized carbons (Fsp3) is 0.0714. The van der Waals surface area contributed by atoms with Gasteiger partial charge in [-0.25, -0.2) is 0 Å². The third kappa shape index (κ3) is 3.14. The Hall–Kier alpha value is -1.52. The van der Waals surface area contributed by atoms with E-state index in [4.69, 9.17) is 23.2 Å². The van der Waals surface area contributed by atoms with E-state index >= 15 is 0 Å². The number of hydrogen-bond donors (Lipinski definition) is 0. The first-order chi connectivity index (χ1) is 9.29. The van der Waals surface area contributed by atoms with E-state index in [0.717, 1.165) is 12.1 Å². The summed E-state index contributed by atoms with van der Waals surface area (Å²) < 4.78 is 37.8. The lowest BCUT2D eigenvalue weighted by Crippen LogP contribution is -2.08. The minimum Gasteiger partial charge on any atom is -0.289 e. The van der Waals surface area contributed by atoms with Gasteiger partial charge >= 0.3 is 6.18 Å². The van der Waals surface area contributed by atoms with Crippen molar-refractivity contribution in [3.63, 3.8) is 0 Å². The number of halogens is 5. The van der Waals surface area contributed by atoms with E-state index in [2.05, 4.69) is 0 Å². The van der Waals surface area contributed by atoms with Crippen LogP contribution < -0.4 is 0 Å². The van der Waals surface area contributed by atoms with Gasteiger partial charge in [-0.2, -0.15) is 13.2 Å². The van der Waals surface area contributed by atoms with Gasteiger partial charge in [0.15, 0.2) is 5.78 Å². The van der Waals surface area contributed by atoms with Crippen molar-refractivity contribution in [2.45, 2.75) is 6.18 Å². The van der Waals surface area contributed by atoms with Gasteiger partial charge in [-0.05, 0) is 30.3 Å². The Bertz CT molecular complexity index is 666. The van der Waals surface area contributed by atoms with Gasteiger partial charge in [0, 0.05) is 11.1 Å². The van der Waals surface area contributed by atoms with Gasteiger partial charge in [0.2, 0.25) is 0 Å². The number of benzene rings is 2. The van der Waals surface area contributed by atoms with Crippen LogP contribution in [0, 0.1) is 0 Å². The van der Waals surface area contributed by atoms with E-state index in [0.29, 0.717) is 0 Å². The number of rotatable bonds is 2. The van der Waals surface area contributed by atoms with Crippen LogP contribution in [0.1, 0.15) is 21.5 Å². The maximum atomic E-state index is 12.6. The third-order valence-corrected chi connectivity index (χ3v) is 3.37. The van der Waals surface area contributed by atoms with Gasteiger partial charge in [-0.15, -0.1) is 0 Å². The van der Waals surface area contributed by atoms with Crippen molar-refractivity contribution in [3.8, 4) is 0 Å². The van der Waals surface area contributed by atoms with Crippen LogP contribution in [-0.4, -0.2) is 5.78 Å². The first-order valence-electron chi connectivity index (χ1n) is 5.46. The molecule has 2 aromatic rings. The predicted octanol–water partition coefficient (Wildman–Crippen LogP) is 5.24. The van der Waals surface area contributed by atoms with Crippen LogP contribution in [0.3, 0.4) is 0 Å². The molecule has 0 amide bonds. The van der Waals surface area contributed by atoms with E-state index in [-0.39, 0.29) is 21.2 Å². The lowest BCUT2D eigenvalue weighted by Gasteiger charge is -2.08. The summed E-state index contributed by atoms with van der Waals surface area (Å²) in [5.74, 6) is -0.547. The molecule has 104 valence electrons. The molecular formula is C14H7Cl2F3O. The number of carbonyl (C=O) groups excluding carboxylic acids is 1. The molecule has 0 spiro atoms. The fourth-order valence-corrected chi connectivity index (χ4v) is 1.94. The molecule has 0 fully saturated rings. The molecule has 0 aromatic heterocycles. The summed E-state index contributed by atoms with van der Waals surface area (Å²) >= 11 is 11.5. The fourth-order valence-electron chi connectivity index (χ4n) is 1.64. The second kappa shape index (κ2) is 5.46. The predicted molar refractivity (Wildman–Crippen MR) is 71.3 cm³/mol. The highest BCUT2D eigenvalue weighted by Crippen LogP contribution is 2.30. The van der Waals surface area contributed by atoms with Crippen LogP contribution in [0.25, 0.3) is 0 Å². The van der Waals surface area contributed by atoms with Crippen molar-refractivity contribution in [2.75, 3.05) is 0 Å². The zero-order chi connectivity index (χ0) is 14.9. The number of ketones is 1. The molecule has 0 atom stereocenters. The van der Waals surface area contributed by atoms with Crippen LogP contribution >= 0.6 is 23.2 Å². The van der Waals surface area contributed by atoms with E-state index < -0.39 is 17.5 Å². The molecule has 0 saturated carbocycles. The molecule has 0 saturated heterocycles. The van der Waals surface area contributed by atoms with Crippen molar-refractivity contribution < 1.29 is 18.0 Å². The molecule has 2 aromatic carbocycles. The van der Waals surface area contributed by atoms with Crippen molar-refractivity contribution in [1.29, 1.82) is 0 Å². The van der Waals surface area contributed by atoms with Gasteiger partial charge < -0.3 is 0 Å². The normalized spacial score (nSPS) is 11.4. The average Bonchev–Trinajstić information content (AvgIpc) is 2.40. The summed E-state index contributed by atoms with van der Waals surface area (Å²) in [5, 5.41) is 0.441. The zero-order valence-electron chi connectivity index (χ0n) is 9.84. The van der Waals surface area contributed by atoms with E-state index in [1.165, 1.54) is 30.3 Å². The standard InChI is InChI=1S/C14H7Cl2F3O/c15-11-5-4-9(7-12(11)16)13(20)8-2-1-3-10(6-8)14(17,18)19/h1-7H. The second-order valence-electron chi connectivity index (χ2n) is 4.04. The molecule has 0 heterocycles. The molecule has 6 heteroatoms. The molecule has 0 aliphatic carbocycles. The van der Waals surface area contributed by atoms with E-state index in [1.807, 2.05) is 0 Å². The Balaban J connectivity index is 2.41. The van der Waals surface area contributed by atoms with Crippen LogP contribution in [0.5, 0.6) is 0 Å². The third-order valence-electron chi connectivity index (χ3n) is 2.63. The van der Waals surface area contributed by atoms with Crippen LogP contribution in [0.2, 0.25) is 10.0 Å². The van der Waals surface area contributed by atoms with E-state index in [9.17, 15) is 18.0 Å². The number of hydrogen-bond acceptors (Lipinski definition) is 1. The minimum atomic E-state index is -4.49. The van der Waals surface area contributed by atoms with E-state index in [1.54, 1.807) is 0 Å². The first kappa shape index (κ1) is 14.9. The summed E-state index contributed by atoms with van der Waals surface area (Å²) in [7, 11) is 0. The topological polar surface area (TPSA) is 17.1 Å². The second-order valence-corrected chi connectivity index (χ2v) is 4.85. The monoisotopic (exact) mass is 318 g/mol. The molecule has 20 heavy (non-hydrogen) atoms. The summed E-state index contributed by atoms with van der Waals surface area (Å²) in [6.45, 7) is 0. The molecule has 1 nitrogen and oxygen atoms in total. The number of alkyl halides is 3. The Kier molecular flexibility index (Phi) is 4.06. The lowest BCUT2D eigenvalue weighted by atomic mass is 10.0. The maximum absolute atomic E-state index is 12.6. The van der Waals surface area contributed by atoms with Crippen molar-refractivity contribution in [1.82, 2.24) is 0 Å². The highest BCUT2D eigenvalue weighted by atomic mass is 35.5. The van der Waals surface area contributed by atoms with Gasteiger partial charge in [0.25, 0.3) is 0 Å². The maximum Gasteiger partial charge on any atom is 0.416 e. The highest BCUT2D eigenvalue weighted by Gasteiger charge is 2.30. The van der Waals surface area contributed by atoms with Crippen molar-refractivity contribution in [2.24, 2.45) is 0 Å². The molecular weight excluding hydrogens is 312 g/mol. The summed E-state index contributed by atoms with van der Waals surface area (Å²) in [6, 6.07) is 8.39. The smallest absolute Gasteiger partial charge is 0.289 e. The average molecular weight is 319 g/mol. The van der Waals surface area contributed by atoms with Gasteiger partial charge in [-0.3, -0.25) is 4.79 Å². The van der Waals surface area contributed by atoms with Gasteiger partial charge in [0.1, 0.15) is 0 Å². The first-order valence-corrected chi connectivity index (χ1v) is 6.21. The van der Waals surface area contributed by atoms with Gasteiger partial charge in [-0.1, -0.05) is 35.3 Å². The Morgan fingerprint density at radius 3 is 2.15 bits per heavy atom. The highest BCUT2D eigenvalue weighted by molar-refractivity contribution is 6.42. The SMILES string of the molecule is O=C(c1cccc(C(F)(F)F)c1)c1ccc(Cl)c(Cl)c1. The van der Waals surface area contributed by atoms with Crippen molar-refractivity contribution in [3.05, 3.63) is 69.2 Å². The molecule has 0 N–H and O–H groups in total. The molecule has 2 rings (SSSR count). The number of carbonyl (C=O) groups is 1. The zero-order valence-corrected chi connectivity index (χ0v) is 11.4. The molecule has 0 radical (unpaired) electrons. The summed E-state index contributed by atoms with van der Waals surface area (Å²) in [5.41, 5.74) is -0.750. The van der Waals surface area contributed by atoms with Crippen LogP contribution in [-0.2, 0) is 6.18 Å². The van der Waals surface area contributed by atoms with Crippen molar-refractivity contribution >= 4 is 29.0 Å².